The third-order valence-corrected chi connectivity index (χ3v) is 10.1. The van der Waals surface area contributed by atoms with Gasteiger partial charge in [0.15, 0.2) is 0 Å². The molecule has 2 saturated carbocycles. The number of amides is 2. The van der Waals surface area contributed by atoms with Gasteiger partial charge in [-0.3, -0.25) is 14.4 Å². The van der Waals surface area contributed by atoms with Crippen LogP contribution < -0.4 is 10.6 Å². The Labute approximate surface area is 290 Å². The molecule has 2 fully saturated rings. The molecule has 1 aromatic carbocycles. The average Bonchev–Trinajstić information content (AvgIpc) is 3.14. The first-order valence-corrected chi connectivity index (χ1v) is 18.9. The number of esters is 2. The third kappa shape index (κ3) is 14.7. The molecule has 0 heterocycles. The fourth-order valence-electron chi connectivity index (χ4n) is 7.25. The van der Waals surface area contributed by atoms with Gasteiger partial charge in [0.2, 0.25) is 11.8 Å². The molecule has 2 amide bonds. The van der Waals surface area contributed by atoms with Crippen LogP contribution >= 0.6 is 0 Å². The molecule has 48 heavy (non-hydrogen) atoms. The number of benzene rings is 1. The van der Waals surface area contributed by atoms with Gasteiger partial charge in [-0.15, -0.1) is 0 Å². The Morgan fingerprint density at radius 2 is 1.25 bits per heavy atom. The zero-order chi connectivity index (χ0) is 34.9. The lowest BCUT2D eigenvalue weighted by Crippen LogP contribution is -2.54. The van der Waals surface area contributed by atoms with E-state index in [1.807, 2.05) is 52.0 Å². The van der Waals surface area contributed by atoms with Crippen molar-refractivity contribution < 1.29 is 28.7 Å². The van der Waals surface area contributed by atoms with Crippen LogP contribution in [0.25, 0.3) is 0 Å². The van der Waals surface area contributed by atoms with Gasteiger partial charge in [0, 0.05) is 12.3 Å². The highest BCUT2D eigenvalue weighted by Crippen LogP contribution is 2.30. The standard InChI is InChI=1S/C40H64N2O6/c1-29-21-23-31(24-22-29)27-34(41-36(43)32-18-14-10-6-7-11-15-19-32)37(44)42-35(39(46)47-5)28-30-17-13-9-8-12-16-20-33(26-25-30)38(45)48-40(2,3)4/h21-24,30,32-35H,6-20,25-28H2,1-5H3,(H,41,43)(H,42,44)/t30?,33?,34-,35+/m1/s1. The highest BCUT2D eigenvalue weighted by atomic mass is 16.6. The Hall–Kier alpha value is -2.90. The van der Waals surface area contributed by atoms with E-state index in [1.54, 1.807) is 0 Å². The van der Waals surface area contributed by atoms with Gasteiger partial charge in [0.05, 0.1) is 13.0 Å². The van der Waals surface area contributed by atoms with Crippen molar-refractivity contribution in [1.82, 2.24) is 10.6 Å². The van der Waals surface area contributed by atoms with Crippen molar-refractivity contribution in [1.29, 1.82) is 0 Å². The van der Waals surface area contributed by atoms with Crippen LogP contribution in [0, 0.1) is 24.7 Å². The van der Waals surface area contributed by atoms with E-state index < -0.39 is 23.7 Å². The minimum atomic E-state index is -0.847. The van der Waals surface area contributed by atoms with E-state index in [1.165, 1.54) is 20.0 Å². The predicted molar refractivity (Wildman–Crippen MR) is 190 cm³/mol. The Bertz CT molecular complexity index is 1130. The topological polar surface area (TPSA) is 111 Å². The van der Waals surface area contributed by atoms with Crippen LogP contribution in [0.4, 0.5) is 0 Å². The Kier molecular flexibility index (Phi) is 16.9. The van der Waals surface area contributed by atoms with Gasteiger partial charge in [0.1, 0.15) is 17.7 Å². The quantitative estimate of drug-likeness (QED) is 0.245. The van der Waals surface area contributed by atoms with Crippen LogP contribution in [0.1, 0.15) is 147 Å². The second-order valence-electron chi connectivity index (χ2n) is 15.5. The zero-order valence-corrected chi connectivity index (χ0v) is 30.6. The number of rotatable bonds is 10. The molecule has 8 nitrogen and oxygen atoms in total. The predicted octanol–water partition coefficient (Wildman–Crippen LogP) is 7.92. The summed E-state index contributed by atoms with van der Waals surface area (Å²) in [4.78, 5) is 53.9. The second kappa shape index (κ2) is 20.6. The molecule has 0 saturated heterocycles. The Morgan fingerprint density at radius 3 is 1.81 bits per heavy atom. The van der Waals surface area contributed by atoms with Gasteiger partial charge in [-0.1, -0.05) is 107 Å². The second-order valence-corrected chi connectivity index (χ2v) is 15.5. The van der Waals surface area contributed by atoms with Crippen molar-refractivity contribution in [2.24, 2.45) is 17.8 Å². The van der Waals surface area contributed by atoms with Gasteiger partial charge in [0.25, 0.3) is 0 Å². The SMILES string of the molecule is COC(=O)[C@H](CC1CCCCCCCC(C(=O)OC(C)(C)C)CC1)NC(=O)[C@@H](Cc1ccc(C)cc1)NC(=O)C1CCCCCCCC1. The first-order chi connectivity index (χ1) is 22.9. The summed E-state index contributed by atoms with van der Waals surface area (Å²) in [5.41, 5.74) is 1.53. The number of carbonyl (C=O) groups is 4. The fourth-order valence-corrected chi connectivity index (χ4v) is 7.25. The lowest BCUT2D eigenvalue weighted by atomic mass is 9.86. The van der Waals surface area contributed by atoms with E-state index in [9.17, 15) is 19.2 Å². The third-order valence-electron chi connectivity index (χ3n) is 10.1. The maximum absolute atomic E-state index is 14.0. The Morgan fingerprint density at radius 1 is 0.708 bits per heavy atom. The molecule has 8 heteroatoms. The first-order valence-electron chi connectivity index (χ1n) is 18.9. The van der Waals surface area contributed by atoms with Crippen LogP contribution in [0.5, 0.6) is 0 Å². The maximum Gasteiger partial charge on any atom is 0.328 e. The molecule has 0 aliphatic heterocycles. The van der Waals surface area contributed by atoms with Crippen molar-refractivity contribution in [3.05, 3.63) is 35.4 Å². The molecule has 270 valence electrons. The van der Waals surface area contributed by atoms with Crippen molar-refractivity contribution in [3.8, 4) is 0 Å². The smallest absolute Gasteiger partial charge is 0.328 e. The number of methoxy groups -OCH3 is 1. The number of carbonyl (C=O) groups excluding carboxylic acids is 4. The molecule has 2 aliphatic rings. The minimum Gasteiger partial charge on any atom is -0.467 e. The van der Waals surface area contributed by atoms with E-state index in [2.05, 4.69) is 10.6 Å². The number of nitrogens with one attached hydrogen (secondary N) is 2. The molecular formula is C40H64N2O6. The van der Waals surface area contributed by atoms with E-state index in [-0.39, 0.29) is 35.5 Å². The van der Waals surface area contributed by atoms with Crippen molar-refractivity contribution in [2.75, 3.05) is 7.11 Å². The van der Waals surface area contributed by atoms with Crippen molar-refractivity contribution >= 4 is 23.8 Å². The van der Waals surface area contributed by atoms with Gasteiger partial charge < -0.3 is 20.1 Å². The highest BCUT2D eigenvalue weighted by molar-refractivity contribution is 5.91. The monoisotopic (exact) mass is 668 g/mol. The first kappa shape index (κ1) is 39.5. The van der Waals surface area contributed by atoms with E-state index >= 15 is 0 Å². The zero-order valence-electron chi connectivity index (χ0n) is 30.6. The van der Waals surface area contributed by atoms with E-state index in [4.69, 9.17) is 9.47 Å². The van der Waals surface area contributed by atoms with Crippen LogP contribution in [0.15, 0.2) is 24.3 Å². The molecule has 3 rings (SSSR count). The molecule has 0 radical (unpaired) electrons. The number of aryl methyl sites for hydroxylation is 1. The summed E-state index contributed by atoms with van der Waals surface area (Å²) >= 11 is 0. The normalized spacial score (nSPS) is 21.9. The molecule has 0 spiro atoms. The Balaban J connectivity index is 1.76. The number of ether oxygens (including phenoxy) is 2. The molecule has 2 aliphatic carbocycles. The summed E-state index contributed by atoms with van der Waals surface area (Å²) in [5, 5.41) is 6.12. The summed E-state index contributed by atoms with van der Waals surface area (Å²) in [6, 6.07) is 6.33. The lowest BCUT2D eigenvalue weighted by Gasteiger charge is -2.28. The molecule has 0 aromatic heterocycles. The van der Waals surface area contributed by atoms with Crippen LogP contribution in [-0.2, 0) is 35.1 Å². The van der Waals surface area contributed by atoms with Crippen LogP contribution in [0.2, 0.25) is 0 Å². The molecular weight excluding hydrogens is 604 g/mol. The van der Waals surface area contributed by atoms with Gasteiger partial charge in [-0.2, -0.15) is 0 Å². The number of hydrogen-bond acceptors (Lipinski definition) is 6. The average molecular weight is 669 g/mol. The van der Waals surface area contributed by atoms with Gasteiger partial charge >= 0.3 is 11.9 Å². The molecule has 4 atom stereocenters. The van der Waals surface area contributed by atoms with Crippen LogP contribution in [0.3, 0.4) is 0 Å². The molecule has 2 N–H and O–H groups in total. The minimum absolute atomic E-state index is 0.0737. The van der Waals surface area contributed by atoms with Crippen LogP contribution in [-0.4, -0.2) is 48.5 Å². The van der Waals surface area contributed by atoms with Gasteiger partial charge in [-0.05, 0) is 77.7 Å². The molecule has 1 aromatic rings. The summed E-state index contributed by atoms with van der Waals surface area (Å²) in [7, 11) is 1.35. The summed E-state index contributed by atoms with van der Waals surface area (Å²) < 4.78 is 11.0. The van der Waals surface area contributed by atoms with Crippen molar-refractivity contribution in [3.63, 3.8) is 0 Å². The summed E-state index contributed by atoms with van der Waals surface area (Å²) in [6.45, 7) is 7.72. The maximum atomic E-state index is 14.0. The van der Waals surface area contributed by atoms with Gasteiger partial charge in [-0.25, -0.2) is 4.79 Å². The highest BCUT2D eigenvalue weighted by Gasteiger charge is 2.32. The van der Waals surface area contributed by atoms with Crippen molar-refractivity contribution in [2.45, 2.75) is 167 Å². The molecule has 2 unspecified atom stereocenters. The summed E-state index contributed by atoms with van der Waals surface area (Å²) in [5.74, 6) is -1.24. The summed E-state index contributed by atoms with van der Waals surface area (Å²) in [6.07, 6.45) is 17.7. The van der Waals surface area contributed by atoms with E-state index in [0.29, 0.717) is 19.3 Å². The largest absolute Gasteiger partial charge is 0.467 e. The number of hydrogen-bond donors (Lipinski definition) is 2. The lowest BCUT2D eigenvalue weighted by molar-refractivity contribution is -0.160. The van der Waals surface area contributed by atoms with E-state index in [0.717, 1.165) is 101 Å². The molecule has 0 bridgehead atoms. The fraction of sp³-hybridized carbons (Fsp3) is 0.750.